The minimum absolute atomic E-state index is 0.137. The highest BCUT2D eigenvalue weighted by Crippen LogP contribution is 2.24. The molecular weight excluding hydrogens is 257 g/mol. The quantitative estimate of drug-likeness (QED) is 0.796. The summed E-state index contributed by atoms with van der Waals surface area (Å²) in [4.78, 5) is 0. The second-order valence-electron chi connectivity index (χ2n) is 3.08. The van der Waals surface area contributed by atoms with Crippen molar-refractivity contribution in [3.8, 4) is 5.69 Å². The van der Waals surface area contributed by atoms with E-state index in [1.165, 1.54) is 4.68 Å². The van der Waals surface area contributed by atoms with Crippen LogP contribution >= 0.6 is 23.2 Å². The zero-order valence-electron chi connectivity index (χ0n) is 7.87. The molecule has 1 aromatic carbocycles. The lowest BCUT2D eigenvalue weighted by Gasteiger charge is -2.02. The molecule has 0 aliphatic carbocycles. The van der Waals surface area contributed by atoms with E-state index < -0.39 is 6.43 Å². The zero-order valence-corrected chi connectivity index (χ0v) is 9.38. The van der Waals surface area contributed by atoms with Gasteiger partial charge in [0.15, 0.2) is 0 Å². The van der Waals surface area contributed by atoms with Gasteiger partial charge in [-0.05, 0) is 24.3 Å². The van der Waals surface area contributed by atoms with E-state index in [0.29, 0.717) is 10.7 Å². The van der Waals surface area contributed by atoms with Crippen molar-refractivity contribution in [1.29, 1.82) is 0 Å². The van der Waals surface area contributed by atoms with Crippen LogP contribution in [0, 0.1) is 0 Å². The molecule has 0 aliphatic rings. The van der Waals surface area contributed by atoms with Crippen LogP contribution in [0.5, 0.6) is 0 Å². The van der Waals surface area contributed by atoms with Gasteiger partial charge in [-0.25, -0.2) is 13.5 Å². The molecule has 0 unspecified atom stereocenters. The van der Waals surface area contributed by atoms with Crippen molar-refractivity contribution in [1.82, 2.24) is 9.78 Å². The fraction of sp³-hybridized carbons (Fsp3) is 0.100. The number of rotatable bonds is 2. The number of benzene rings is 1. The van der Waals surface area contributed by atoms with Crippen molar-refractivity contribution in [3.05, 3.63) is 46.2 Å². The molecule has 0 spiro atoms. The maximum absolute atomic E-state index is 12.4. The molecule has 0 aliphatic heterocycles. The first-order chi connectivity index (χ1) is 7.58. The number of nitrogens with zero attached hydrogens (tertiary/aromatic N) is 2. The van der Waals surface area contributed by atoms with Crippen LogP contribution in [0.25, 0.3) is 5.69 Å². The van der Waals surface area contributed by atoms with Gasteiger partial charge in [0.1, 0.15) is 10.8 Å². The molecule has 1 heterocycles. The van der Waals surface area contributed by atoms with Gasteiger partial charge in [0, 0.05) is 11.1 Å². The summed E-state index contributed by atoms with van der Waals surface area (Å²) in [5, 5.41) is 4.39. The average molecular weight is 263 g/mol. The molecule has 0 saturated carbocycles. The smallest absolute Gasteiger partial charge is 0.222 e. The van der Waals surface area contributed by atoms with E-state index in [2.05, 4.69) is 5.10 Å². The highest BCUT2D eigenvalue weighted by atomic mass is 35.5. The molecule has 0 N–H and O–H groups in total. The second kappa shape index (κ2) is 4.39. The van der Waals surface area contributed by atoms with Crippen molar-refractivity contribution < 1.29 is 8.78 Å². The molecular formula is C10H6Cl2F2N2. The Labute approximate surface area is 100 Å². The average Bonchev–Trinajstić information content (AvgIpc) is 2.62. The second-order valence-corrected chi connectivity index (χ2v) is 3.90. The number of halogens is 4. The Kier molecular flexibility index (Phi) is 3.12. The standard InChI is InChI=1S/C10H6Cl2F2N2/c11-6-1-3-7(4-2-6)16-9(12)5-8(15-16)10(13)14/h1-5,10H. The third-order valence-corrected chi connectivity index (χ3v) is 2.50. The summed E-state index contributed by atoms with van der Waals surface area (Å²) in [5.74, 6) is 0. The summed E-state index contributed by atoms with van der Waals surface area (Å²) in [7, 11) is 0. The molecule has 0 fully saturated rings. The van der Waals surface area contributed by atoms with Gasteiger partial charge in [-0.2, -0.15) is 5.10 Å². The molecule has 2 nitrogen and oxygen atoms in total. The van der Waals surface area contributed by atoms with E-state index in [1.807, 2.05) is 0 Å². The molecule has 2 aromatic rings. The van der Waals surface area contributed by atoms with Crippen LogP contribution in [-0.2, 0) is 0 Å². The van der Waals surface area contributed by atoms with Gasteiger partial charge in [-0.3, -0.25) is 0 Å². The Morgan fingerprint density at radius 3 is 2.25 bits per heavy atom. The molecule has 0 bridgehead atoms. The third-order valence-electron chi connectivity index (χ3n) is 1.98. The number of hydrogen-bond donors (Lipinski definition) is 0. The number of aromatic nitrogens is 2. The summed E-state index contributed by atoms with van der Waals surface area (Å²) in [6.45, 7) is 0. The van der Waals surface area contributed by atoms with Crippen LogP contribution < -0.4 is 0 Å². The van der Waals surface area contributed by atoms with Crippen LogP contribution in [0.1, 0.15) is 12.1 Å². The summed E-state index contributed by atoms with van der Waals surface area (Å²) in [5.41, 5.74) is 0.237. The van der Waals surface area contributed by atoms with E-state index in [4.69, 9.17) is 23.2 Å². The molecule has 16 heavy (non-hydrogen) atoms. The van der Waals surface area contributed by atoms with Gasteiger partial charge in [0.2, 0.25) is 0 Å². The van der Waals surface area contributed by atoms with E-state index in [9.17, 15) is 8.78 Å². The fourth-order valence-electron chi connectivity index (χ4n) is 1.25. The van der Waals surface area contributed by atoms with E-state index in [0.717, 1.165) is 6.07 Å². The Hall–Kier alpha value is -1.13. The zero-order chi connectivity index (χ0) is 11.7. The van der Waals surface area contributed by atoms with Crippen LogP contribution in [0.3, 0.4) is 0 Å². The van der Waals surface area contributed by atoms with E-state index >= 15 is 0 Å². The van der Waals surface area contributed by atoms with Gasteiger partial charge >= 0.3 is 0 Å². The first kappa shape index (κ1) is 11.4. The van der Waals surface area contributed by atoms with Crippen molar-refractivity contribution >= 4 is 23.2 Å². The minimum Gasteiger partial charge on any atom is -0.222 e. The third kappa shape index (κ3) is 2.18. The molecule has 1 aromatic heterocycles. The minimum atomic E-state index is -2.63. The fourth-order valence-corrected chi connectivity index (χ4v) is 1.62. The highest BCUT2D eigenvalue weighted by Gasteiger charge is 2.15. The summed E-state index contributed by atoms with van der Waals surface area (Å²) < 4.78 is 26.0. The largest absolute Gasteiger partial charge is 0.282 e. The lowest BCUT2D eigenvalue weighted by atomic mass is 10.3. The van der Waals surface area contributed by atoms with Gasteiger partial charge in [0.25, 0.3) is 6.43 Å². The molecule has 0 amide bonds. The monoisotopic (exact) mass is 262 g/mol. The van der Waals surface area contributed by atoms with E-state index in [-0.39, 0.29) is 10.8 Å². The topological polar surface area (TPSA) is 17.8 Å². The molecule has 0 atom stereocenters. The summed E-state index contributed by atoms with van der Waals surface area (Å²) in [6.07, 6.45) is -2.63. The SMILES string of the molecule is FC(F)c1cc(Cl)n(-c2ccc(Cl)cc2)n1. The first-order valence-corrected chi connectivity index (χ1v) is 5.13. The molecule has 2 rings (SSSR count). The lowest BCUT2D eigenvalue weighted by molar-refractivity contribution is 0.145. The molecule has 0 saturated heterocycles. The van der Waals surface area contributed by atoms with Gasteiger partial charge < -0.3 is 0 Å². The predicted octanol–water partition coefficient (Wildman–Crippen LogP) is 4.12. The molecule has 0 radical (unpaired) electrons. The van der Waals surface area contributed by atoms with Gasteiger partial charge in [-0.1, -0.05) is 23.2 Å². The highest BCUT2D eigenvalue weighted by molar-refractivity contribution is 6.30. The molecule has 84 valence electrons. The van der Waals surface area contributed by atoms with Crippen LogP contribution in [0.4, 0.5) is 8.78 Å². The van der Waals surface area contributed by atoms with E-state index in [1.54, 1.807) is 24.3 Å². The predicted molar refractivity (Wildman–Crippen MR) is 58.5 cm³/mol. The Morgan fingerprint density at radius 2 is 1.75 bits per heavy atom. The normalized spacial score (nSPS) is 11.1. The van der Waals surface area contributed by atoms with Crippen LogP contribution in [-0.4, -0.2) is 9.78 Å². The van der Waals surface area contributed by atoms with Crippen molar-refractivity contribution in [2.24, 2.45) is 0 Å². The first-order valence-electron chi connectivity index (χ1n) is 4.37. The number of hydrogen-bond acceptors (Lipinski definition) is 1. The summed E-state index contributed by atoms with van der Waals surface area (Å²) in [6, 6.07) is 7.71. The van der Waals surface area contributed by atoms with Gasteiger partial charge in [-0.15, -0.1) is 0 Å². The Bertz CT molecular complexity index is 494. The van der Waals surface area contributed by atoms with Crippen molar-refractivity contribution in [2.75, 3.05) is 0 Å². The summed E-state index contributed by atoms with van der Waals surface area (Å²) >= 11 is 11.5. The number of alkyl halides is 2. The maximum Gasteiger partial charge on any atom is 0.282 e. The Morgan fingerprint density at radius 1 is 1.12 bits per heavy atom. The lowest BCUT2D eigenvalue weighted by Crippen LogP contribution is -1.97. The van der Waals surface area contributed by atoms with Crippen molar-refractivity contribution in [3.63, 3.8) is 0 Å². The van der Waals surface area contributed by atoms with Crippen molar-refractivity contribution in [2.45, 2.75) is 6.43 Å². The van der Waals surface area contributed by atoms with Crippen LogP contribution in [0.15, 0.2) is 30.3 Å². The van der Waals surface area contributed by atoms with Crippen LogP contribution in [0.2, 0.25) is 10.2 Å². The molecule has 6 heteroatoms. The Balaban J connectivity index is 2.44. The maximum atomic E-state index is 12.4. The van der Waals surface area contributed by atoms with Gasteiger partial charge in [0.05, 0.1) is 5.69 Å².